The summed E-state index contributed by atoms with van der Waals surface area (Å²) < 4.78 is 0. The van der Waals surface area contributed by atoms with Gasteiger partial charge in [-0.05, 0) is 30.5 Å². The standard InChI is InChI=1S/C11H16O2/c1-3-5-9-10(12)6-8(4-2)7-11(9)13/h6-7,12-13H,3-5H2,1-2H3. The van der Waals surface area contributed by atoms with Crippen LogP contribution in [0.25, 0.3) is 0 Å². The number of benzene rings is 1. The molecule has 2 nitrogen and oxygen atoms in total. The van der Waals surface area contributed by atoms with Crippen molar-refractivity contribution in [2.24, 2.45) is 0 Å². The highest BCUT2D eigenvalue weighted by Crippen LogP contribution is 2.29. The van der Waals surface area contributed by atoms with E-state index in [-0.39, 0.29) is 11.5 Å². The van der Waals surface area contributed by atoms with Crippen molar-refractivity contribution in [3.05, 3.63) is 23.3 Å². The van der Waals surface area contributed by atoms with Gasteiger partial charge in [0.2, 0.25) is 0 Å². The molecule has 0 aliphatic rings. The summed E-state index contributed by atoms with van der Waals surface area (Å²) in [6.07, 6.45) is 2.47. The van der Waals surface area contributed by atoms with E-state index in [4.69, 9.17) is 0 Å². The third-order valence-electron chi connectivity index (χ3n) is 2.17. The Balaban J connectivity index is 3.07. The first kappa shape index (κ1) is 9.90. The maximum atomic E-state index is 9.57. The van der Waals surface area contributed by atoms with Crippen molar-refractivity contribution in [3.63, 3.8) is 0 Å². The molecule has 0 saturated heterocycles. The number of phenolic OH excluding ortho intramolecular Hbond substituents is 2. The molecule has 0 heterocycles. The summed E-state index contributed by atoms with van der Waals surface area (Å²) >= 11 is 0. The van der Waals surface area contributed by atoms with E-state index in [9.17, 15) is 10.2 Å². The first-order chi connectivity index (χ1) is 6.19. The highest BCUT2D eigenvalue weighted by atomic mass is 16.3. The van der Waals surface area contributed by atoms with Gasteiger partial charge in [0.15, 0.2) is 0 Å². The van der Waals surface area contributed by atoms with E-state index in [0.717, 1.165) is 24.8 Å². The average Bonchev–Trinajstić information content (AvgIpc) is 2.11. The molecule has 0 unspecified atom stereocenters. The van der Waals surface area contributed by atoms with E-state index >= 15 is 0 Å². The molecule has 2 N–H and O–H groups in total. The van der Waals surface area contributed by atoms with E-state index in [1.54, 1.807) is 12.1 Å². The largest absolute Gasteiger partial charge is 0.508 e. The lowest BCUT2D eigenvalue weighted by molar-refractivity contribution is 0.436. The van der Waals surface area contributed by atoms with E-state index < -0.39 is 0 Å². The number of hydrogen-bond donors (Lipinski definition) is 2. The normalized spacial score (nSPS) is 10.3. The van der Waals surface area contributed by atoms with Gasteiger partial charge in [0, 0.05) is 5.56 Å². The zero-order chi connectivity index (χ0) is 9.84. The first-order valence-corrected chi connectivity index (χ1v) is 4.72. The Morgan fingerprint density at radius 1 is 1.08 bits per heavy atom. The quantitative estimate of drug-likeness (QED) is 0.750. The minimum atomic E-state index is 0.221. The van der Waals surface area contributed by atoms with Crippen LogP contribution in [0.2, 0.25) is 0 Å². The van der Waals surface area contributed by atoms with Gasteiger partial charge in [-0.3, -0.25) is 0 Å². The molecule has 1 rings (SSSR count). The second kappa shape index (κ2) is 4.17. The molecule has 0 atom stereocenters. The SMILES string of the molecule is CCCc1c(O)cc(CC)cc1O. The van der Waals surface area contributed by atoms with Crippen molar-refractivity contribution >= 4 is 0 Å². The molecule has 0 saturated carbocycles. The van der Waals surface area contributed by atoms with Crippen LogP contribution in [0, 0.1) is 0 Å². The summed E-state index contributed by atoms with van der Waals surface area (Å²) in [6, 6.07) is 3.45. The van der Waals surface area contributed by atoms with E-state index in [2.05, 4.69) is 0 Å². The molecule has 0 radical (unpaired) electrons. The van der Waals surface area contributed by atoms with Crippen LogP contribution in [0.15, 0.2) is 12.1 Å². The van der Waals surface area contributed by atoms with Gasteiger partial charge in [0.25, 0.3) is 0 Å². The van der Waals surface area contributed by atoms with Crippen molar-refractivity contribution in [2.45, 2.75) is 33.1 Å². The lowest BCUT2D eigenvalue weighted by Gasteiger charge is -2.07. The minimum Gasteiger partial charge on any atom is -0.508 e. The number of aryl methyl sites for hydroxylation is 1. The van der Waals surface area contributed by atoms with E-state index in [0.29, 0.717) is 5.56 Å². The van der Waals surface area contributed by atoms with Gasteiger partial charge < -0.3 is 10.2 Å². The minimum absolute atomic E-state index is 0.221. The van der Waals surface area contributed by atoms with Gasteiger partial charge in [-0.2, -0.15) is 0 Å². The van der Waals surface area contributed by atoms with Crippen LogP contribution in [0.3, 0.4) is 0 Å². The molecule has 1 aromatic rings. The van der Waals surface area contributed by atoms with E-state index in [1.165, 1.54) is 0 Å². The number of phenols is 2. The zero-order valence-electron chi connectivity index (χ0n) is 8.17. The predicted molar refractivity (Wildman–Crippen MR) is 53.1 cm³/mol. The van der Waals surface area contributed by atoms with Crippen LogP contribution < -0.4 is 0 Å². The summed E-state index contributed by atoms with van der Waals surface area (Å²) in [4.78, 5) is 0. The van der Waals surface area contributed by atoms with Crippen molar-refractivity contribution < 1.29 is 10.2 Å². The van der Waals surface area contributed by atoms with Gasteiger partial charge in [0.1, 0.15) is 11.5 Å². The zero-order valence-corrected chi connectivity index (χ0v) is 8.17. The third-order valence-corrected chi connectivity index (χ3v) is 2.17. The Hall–Kier alpha value is -1.18. The maximum absolute atomic E-state index is 9.57. The summed E-state index contributed by atoms with van der Waals surface area (Å²) in [5.41, 5.74) is 1.63. The highest BCUT2D eigenvalue weighted by molar-refractivity contribution is 5.46. The molecule has 2 heteroatoms. The van der Waals surface area contributed by atoms with Gasteiger partial charge in [-0.1, -0.05) is 20.3 Å². The van der Waals surface area contributed by atoms with Crippen LogP contribution in [0.1, 0.15) is 31.4 Å². The van der Waals surface area contributed by atoms with Crippen LogP contribution >= 0.6 is 0 Å². The number of aromatic hydroxyl groups is 2. The second-order valence-corrected chi connectivity index (χ2v) is 3.22. The highest BCUT2D eigenvalue weighted by Gasteiger charge is 2.07. The Morgan fingerprint density at radius 3 is 2.00 bits per heavy atom. The van der Waals surface area contributed by atoms with Crippen molar-refractivity contribution in [2.75, 3.05) is 0 Å². The van der Waals surface area contributed by atoms with E-state index in [1.807, 2.05) is 13.8 Å². The molecule has 0 aromatic heterocycles. The predicted octanol–water partition coefficient (Wildman–Crippen LogP) is 2.61. The third kappa shape index (κ3) is 2.14. The van der Waals surface area contributed by atoms with Gasteiger partial charge >= 0.3 is 0 Å². The topological polar surface area (TPSA) is 40.5 Å². The van der Waals surface area contributed by atoms with Gasteiger partial charge in [-0.15, -0.1) is 0 Å². The fourth-order valence-corrected chi connectivity index (χ4v) is 1.41. The molecular formula is C11H16O2. The molecule has 1 aromatic carbocycles. The Kier molecular flexibility index (Phi) is 3.18. The summed E-state index contributed by atoms with van der Waals surface area (Å²) in [7, 11) is 0. The van der Waals surface area contributed by atoms with Crippen LogP contribution in [-0.4, -0.2) is 10.2 Å². The van der Waals surface area contributed by atoms with Gasteiger partial charge in [0.05, 0.1) is 0 Å². The summed E-state index contributed by atoms with van der Waals surface area (Å²) in [6.45, 7) is 4.01. The van der Waals surface area contributed by atoms with Crippen LogP contribution in [0.4, 0.5) is 0 Å². The number of rotatable bonds is 3. The summed E-state index contributed by atoms with van der Waals surface area (Å²) in [5.74, 6) is 0.442. The molecular weight excluding hydrogens is 164 g/mol. The van der Waals surface area contributed by atoms with Crippen LogP contribution in [0.5, 0.6) is 11.5 Å². The smallest absolute Gasteiger partial charge is 0.122 e. The molecule has 72 valence electrons. The molecule has 0 fully saturated rings. The van der Waals surface area contributed by atoms with Crippen molar-refractivity contribution in [1.29, 1.82) is 0 Å². The van der Waals surface area contributed by atoms with Crippen LogP contribution in [-0.2, 0) is 12.8 Å². The fraction of sp³-hybridized carbons (Fsp3) is 0.455. The summed E-state index contributed by atoms with van der Waals surface area (Å²) in [5, 5.41) is 19.1. The lowest BCUT2D eigenvalue weighted by Crippen LogP contribution is -1.88. The fourth-order valence-electron chi connectivity index (χ4n) is 1.41. The van der Waals surface area contributed by atoms with Gasteiger partial charge in [-0.25, -0.2) is 0 Å². The van der Waals surface area contributed by atoms with Crippen molar-refractivity contribution in [1.82, 2.24) is 0 Å². The Bertz CT molecular complexity index is 269. The molecule has 0 aliphatic heterocycles. The molecule has 0 aliphatic carbocycles. The Labute approximate surface area is 78.8 Å². The molecule has 13 heavy (non-hydrogen) atoms. The maximum Gasteiger partial charge on any atom is 0.122 e. The molecule has 0 amide bonds. The average molecular weight is 180 g/mol. The number of hydrogen-bond acceptors (Lipinski definition) is 2. The lowest BCUT2D eigenvalue weighted by atomic mass is 10.0. The van der Waals surface area contributed by atoms with Crippen molar-refractivity contribution in [3.8, 4) is 11.5 Å². The molecule has 0 spiro atoms. The second-order valence-electron chi connectivity index (χ2n) is 3.22. The first-order valence-electron chi connectivity index (χ1n) is 4.72. The monoisotopic (exact) mass is 180 g/mol. The molecule has 0 bridgehead atoms. The Morgan fingerprint density at radius 2 is 1.62 bits per heavy atom.